The Balaban J connectivity index is 2.29. The summed E-state index contributed by atoms with van der Waals surface area (Å²) in [7, 11) is 1.88. The Morgan fingerprint density at radius 3 is 2.89 bits per heavy atom. The number of rotatable bonds is 4. The maximum atomic E-state index is 6.10. The van der Waals surface area contributed by atoms with Gasteiger partial charge in [0.15, 0.2) is 5.82 Å². The fraction of sp³-hybridized carbons (Fsp3) is 0.308. The van der Waals surface area contributed by atoms with E-state index in [1.807, 2.05) is 31.3 Å². The van der Waals surface area contributed by atoms with Crippen LogP contribution >= 0.6 is 11.6 Å². The van der Waals surface area contributed by atoms with Gasteiger partial charge in [-0.25, -0.2) is 0 Å². The lowest BCUT2D eigenvalue weighted by Crippen LogP contribution is -2.01. The fourth-order valence-electron chi connectivity index (χ4n) is 1.87. The number of benzene rings is 1. The van der Waals surface area contributed by atoms with Crippen molar-refractivity contribution in [2.24, 2.45) is 7.05 Å². The van der Waals surface area contributed by atoms with Crippen molar-refractivity contribution >= 4 is 28.8 Å². The second kappa shape index (κ2) is 5.31. The van der Waals surface area contributed by atoms with E-state index in [1.54, 1.807) is 4.68 Å². The van der Waals surface area contributed by atoms with Gasteiger partial charge in [0.2, 0.25) is 0 Å². The van der Waals surface area contributed by atoms with Crippen molar-refractivity contribution in [3.63, 3.8) is 0 Å². The maximum Gasteiger partial charge on any atom is 0.152 e. The largest absolute Gasteiger partial charge is 0.394 e. The van der Waals surface area contributed by atoms with Crippen LogP contribution in [0.15, 0.2) is 24.3 Å². The van der Waals surface area contributed by atoms with Gasteiger partial charge in [0.1, 0.15) is 0 Å². The zero-order valence-corrected chi connectivity index (χ0v) is 11.3. The Morgan fingerprint density at radius 2 is 2.22 bits per heavy atom. The molecule has 5 heteroatoms. The molecular weight excluding hydrogens is 248 g/mol. The molecule has 0 aliphatic rings. The summed E-state index contributed by atoms with van der Waals surface area (Å²) in [6.45, 7) is 2.11. The van der Waals surface area contributed by atoms with E-state index in [2.05, 4.69) is 17.3 Å². The number of nitrogens with two attached hydrogens (primary N) is 1. The van der Waals surface area contributed by atoms with E-state index < -0.39 is 0 Å². The molecule has 0 spiro atoms. The highest BCUT2D eigenvalue weighted by Crippen LogP contribution is 2.27. The summed E-state index contributed by atoms with van der Waals surface area (Å²) in [6.07, 6.45) is 1.91. The first-order valence-electron chi connectivity index (χ1n) is 5.95. The van der Waals surface area contributed by atoms with Gasteiger partial charge in [-0.2, -0.15) is 5.10 Å². The molecule has 3 N–H and O–H groups in total. The summed E-state index contributed by atoms with van der Waals surface area (Å²) < 4.78 is 1.77. The molecule has 0 unspecified atom stereocenters. The normalized spacial score (nSPS) is 10.6. The van der Waals surface area contributed by atoms with Crippen LogP contribution in [0.4, 0.5) is 17.2 Å². The minimum Gasteiger partial charge on any atom is -0.394 e. The average Bonchev–Trinajstić information content (AvgIpc) is 2.58. The zero-order valence-electron chi connectivity index (χ0n) is 10.6. The first-order valence-corrected chi connectivity index (χ1v) is 6.33. The van der Waals surface area contributed by atoms with E-state index in [4.69, 9.17) is 17.3 Å². The van der Waals surface area contributed by atoms with Gasteiger partial charge in [0.05, 0.1) is 11.4 Å². The van der Waals surface area contributed by atoms with Crippen LogP contribution in [-0.4, -0.2) is 9.78 Å². The zero-order chi connectivity index (χ0) is 13.1. The molecule has 0 amide bonds. The van der Waals surface area contributed by atoms with Crippen LogP contribution in [-0.2, 0) is 13.5 Å². The van der Waals surface area contributed by atoms with Gasteiger partial charge in [-0.1, -0.05) is 31.0 Å². The molecule has 2 aromatic rings. The van der Waals surface area contributed by atoms with Gasteiger partial charge in [0, 0.05) is 17.8 Å². The molecule has 2 rings (SSSR count). The molecule has 1 aromatic carbocycles. The predicted octanol–water partition coefficient (Wildman–Crippen LogP) is 3.35. The van der Waals surface area contributed by atoms with Crippen molar-refractivity contribution in [3.8, 4) is 0 Å². The minimum absolute atomic E-state index is 0.689. The van der Waals surface area contributed by atoms with Crippen molar-refractivity contribution in [2.45, 2.75) is 19.8 Å². The first kappa shape index (κ1) is 12.8. The van der Waals surface area contributed by atoms with Crippen LogP contribution in [0.1, 0.15) is 19.0 Å². The fourth-order valence-corrected chi connectivity index (χ4v) is 2.06. The number of hydrogen-bond acceptors (Lipinski definition) is 3. The molecule has 0 saturated carbocycles. The van der Waals surface area contributed by atoms with Gasteiger partial charge >= 0.3 is 0 Å². The minimum atomic E-state index is 0.689. The van der Waals surface area contributed by atoms with Crippen LogP contribution in [0.2, 0.25) is 5.02 Å². The lowest BCUT2D eigenvalue weighted by molar-refractivity contribution is 0.740. The van der Waals surface area contributed by atoms with Crippen molar-refractivity contribution in [1.82, 2.24) is 9.78 Å². The van der Waals surface area contributed by atoms with E-state index in [0.29, 0.717) is 10.7 Å². The number of nitrogens with one attached hydrogen (secondary N) is 1. The summed E-state index contributed by atoms with van der Waals surface area (Å²) in [4.78, 5) is 0. The molecule has 4 nitrogen and oxygen atoms in total. The second-order valence-electron chi connectivity index (χ2n) is 4.22. The number of aromatic nitrogens is 2. The number of hydrogen-bond donors (Lipinski definition) is 2. The number of halogens is 1. The molecule has 18 heavy (non-hydrogen) atoms. The topological polar surface area (TPSA) is 55.9 Å². The van der Waals surface area contributed by atoms with Gasteiger partial charge < -0.3 is 11.1 Å². The molecule has 0 radical (unpaired) electrons. The second-order valence-corrected chi connectivity index (χ2v) is 4.65. The van der Waals surface area contributed by atoms with Crippen LogP contribution in [0, 0.1) is 0 Å². The molecule has 96 valence electrons. The number of nitrogens with zero attached hydrogens (tertiary/aromatic N) is 2. The van der Waals surface area contributed by atoms with E-state index in [1.165, 1.54) is 0 Å². The Hall–Kier alpha value is -1.68. The summed E-state index contributed by atoms with van der Waals surface area (Å²) in [5.41, 5.74) is 8.64. The third-order valence-electron chi connectivity index (χ3n) is 2.73. The van der Waals surface area contributed by atoms with Gasteiger partial charge in [-0.3, -0.25) is 4.68 Å². The van der Waals surface area contributed by atoms with Crippen molar-refractivity contribution < 1.29 is 0 Å². The summed E-state index contributed by atoms with van der Waals surface area (Å²) >= 11 is 5.95. The Bertz CT molecular complexity index is 548. The molecule has 1 heterocycles. The Kier molecular flexibility index (Phi) is 3.77. The summed E-state index contributed by atoms with van der Waals surface area (Å²) in [5, 5.41) is 8.36. The van der Waals surface area contributed by atoms with Crippen LogP contribution < -0.4 is 11.1 Å². The van der Waals surface area contributed by atoms with Crippen LogP contribution in [0.3, 0.4) is 0 Å². The Labute approximate surface area is 112 Å². The molecular formula is C13H17ClN4. The third kappa shape index (κ3) is 2.59. The van der Waals surface area contributed by atoms with E-state index in [0.717, 1.165) is 30.0 Å². The highest BCUT2D eigenvalue weighted by atomic mass is 35.5. The molecule has 0 saturated heterocycles. The molecule has 0 fully saturated rings. The van der Waals surface area contributed by atoms with E-state index in [-0.39, 0.29) is 0 Å². The standard InChI is InChI=1S/C13H17ClN4/c1-3-5-11-12(15)13(18(2)17-11)16-10-7-4-6-9(14)8-10/h4,6-8,16H,3,5,15H2,1-2H3. The molecule has 0 aliphatic heterocycles. The summed E-state index contributed by atoms with van der Waals surface area (Å²) in [6, 6.07) is 7.53. The Morgan fingerprint density at radius 1 is 1.44 bits per heavy atom. The lowest BCUT2D eigenvalue weighted by atomic mass is 10.2. The lowest BCUT2D eigenvalue weighted by Gasteiger charge is -2.07. The van der Waals surface area contributed by atoms with Gasteiger partial charge in [0.25, 0.3) is 0 Å². The molecule has 0 atom stereocenters. The predicted molar refractivity (Wildman–Crippen MR) is 76.4 cm³/mol. The monoisotopic (exact) mass is 264 g/mol. The highest BCUT2D eigenvalue weighted by Gasteiger charge is 2.12. The van der Waals surface area contributed by atoms with Crippen molar-refractivity contribution in [3.05, 3.63) is 35.0 Å². The van der Waals surface area contributed by atoms with E-state index >= 15 is 0 Å². The van der Waals surface area contributed by atoms with E-state index in [9.17, 15) is 0 Å². The third-order valence-corrected chi connectivity index (χ3v) is 2.97. The maximum absolute atomic E-state index is 6.10. The first-order chi connectivity index (χ1) is 8.61. The van der Waals surface area contributed by atoms with Gasteiger partial charge in [-0.05, 0) is 24.6 Å². The average molecular weight is 265 g/mol. The summed E-state index contributed by atoms with van der Waals surface area (Å²) in [5.74, 6) is 0.806. The number of aryl methyl sites for hydroxylation is 2. The smallest absolute Gasteiger partial charge is 0.152 e. The molecule has 1 aromatic heterocycles. The van der Waals surface area contributed by atoms with Crippen LogP contribution in [0.5, 0.6) is 0 Å². The molecule has 0 aliphatic carbocycles. The van der Waals surface area contributed by atoms with Crippen molar-refractivity contribution in [1.29, 1.82) is 0 Å². The number of nitrogen functional groups attached to an aromatic ring is 1. The number of anilines is 3. The van der Waals surface area contributed by atoms with Crippen molar-refractivity contribution in [2.75, 3.05) is 11.1 Å². The highest BCUT2D eigenvalue weighted by molar-refractivity contribution is 6.30. The van der Waals surface area contributed by atoms with Crippen LogP contribution in [0.25, 0.3) is 0 Å². The quantitative estimate of drug-likeness (QED) is 0.890. The van der Waals surface area contributed by atoms with Gasteiger partial charge in [-0.15, -0.1) is 0 Å². The molecule has 0 bridgehead atoms. The SMILES string of the molecule is CCCc1nn(C)c(Nc2cccc(Cl)c2)c1N.